The van der Waals surface area contributed by atoms with Crippen molar-refractivity contribution >= 4 is 11.6 Å². The number of halogens is 1. The van der Waals surface area contributed by atoms with Crippen LogP contribution in [0.1, 0.15) is 18.9 Å². The van der Waals surface area contributed by atoms with Gasteiger partial charge in [0.05, 0.1) is 0 Å². The van der Waals surface area contributed by atoms with E-state index in [-0.39, 0.29) is 5.54 Å². The molecular formula is C10H15ClN2. The molecule has 0 radical (unpaired) electrons. The topological polar surface area (TPSA) is 52.0 Å². The van der Waals surface area contributed by atoms with Crippen LogP contribution in [-0.4, -0.2) is 6.54 Å². The van der Waals surface area contributed by atoms with Crippen LogP contribution in [0, 0.1) is 0 Å². The molecule has 0 saturated heterocycles. The van der Waals surface area contributed by atoms with Gasteiger partial charge in [0.2, 0.25) is 0 Å². The second kappa shape index (κ2) is 4.09. The summed E-state index contributed by atoms with van der Waals surface area (Å²) in [5, 5.41) is 0.729. The van der Waals surface area contributed by atoms with Crippen molar-refractivity contribution < 1.29 is 0 Å². The smallest absolute Gasteiger partial charge is 0.0406 e. The number of nitrogens with two attached hydrogens (primary N) is 2. The van der Waals surface area contributed by atoms with Gasteiger partial charge in [0.25, 0.3) is 0 Å². The Labute approximate surface area is 83.9 Å². The van der Waals surface area contributed by atoms with Gasteiger partial charge in [-0.3, -0.25) is 0 Å². The summed E-state index contributed by atoms with van der Waals surface area (Å²) in [4.78, 5) is 0. The maximum Gasteiger partial charge on any atom is 0.0406 e. The first-order valence-electron chi connectivity index (χ1n) is 4.31. The van der Waals surface area contributed by atoms with E-state index in [2.05, 4.69) is 0 Å². The lowest BCUT2D eigenvalue weighted by atomic mass is 9.90. The summed E-state index contributed by atoms with van der Waals surface area (Å²) in [7, 11) is 0. The molecular weight excluding hydrogens is 184 g/mol. The lowest BCUT2D eigenvalue weighted by molar-refractivity contribution is 0.460. The van der Waals surface area contributed by atoms with E-state index in [4.69, 9.17) is 23.1 Å². The first kappa shape index (κ1) is 10.5. The largest absolute Gasteiger partial charge is 0.330 e. The molecule has 72 valence electrons. The van der Waals surface area contributed by atoms with Crippen molar-refractivity contribution in [3.8, 4) is 0 Å². The molecule has 0 amide bonds. The molecule has 2 nitrogen and oxygen atoms in total. The average molecular weight is 199 g/mol. The van der Waals surface area contributed by atoms with Crippen LogP contribution in [-0.2, 0) is 5.54 Å². The number of hydrogen-bond acceptors (Lipinski definition) is 2. The molecule has 0 aliphatic heterocycles. The molecule has 3 heteroatoms. The van der Waals surface area contributed by atoms with Crippen LogP contribution in [0.3, 0.4) is 0 Å². The third-order valence-electron chi connectivity index (χ3n) is 2.17. The Morgan fingerprint density at radius 3 is 2.31 bits per heavy atom. The van der Waals surface area contributed by atoms with E-state index >= 15 is 0 Å². The van der Waals surface area contributed by atoms with Crippen LogP contribution in [0.25, 0.3) is 0 Å². The van der Waals surface area contributed by atoms with Crippen LogP contribution in [0.15, 0.2) is 24.3 Å². The van der Waals surface area contributed by atoms with Gasteiger partial charge in [0, 0.05) is 10.6 Å². The van der Waals surface area contributed by atoms with Gasteiger partial charge in [-0.2, -0.15) is 0 Å². The Morgan fingerprint density at radius 1 is 1.31 bits per heavy atom. The molecule has 0 aliphatic carbocycles. The molecule has 0 heterocycles. The summed E-state index contributed by atoms with van der Waals surface area (Å²) in [6.45, 7) is 2.57. The average Bonchev–Trinajstić information content (AvgIpc) is 2.05. The van der Waals surface area contributed by atoms with Gasteiger partial charge in [0.15, 0.2) is 0 Å². The fourth-order valence-electron chi connectivity index (χ4n) is 1.27. The van der Waals surface area contributed by atoms with E-state index in [0.717, 1.165) is 17.0 Å². The minimum absolute atomic E-state index is 0.348. The van der Waals surface area contributed by atoms with Crippen molar-refractivity contribution in [2.75, 3.05) is 6.54 Å². The van der Waals surface area contributed by atoms with Crippen molar-refractivity contribution in [1.29, 1.82) is 0 Å². The number of rotatable bonds is 3. The zero-order valence-electron chi connectivity index (χ0n) is 7.76. The van der Waals surface area contributed by atoms with Gasteiger partial charge >= 0.3 is 0 Å². The molecule has 0 bridgehead atoms. The predicted molar refractivity (Wildman–Crippen MR) is 56.7 cm³/mol. The lowest BCUT2D eigenvalue weighted by Crippen LogP contribution is -2.35. The molecule has 4 N–H and O–H groups in total. The standard InChI is InChI=1S/C10H15ClN2/c1-10(13,6-7-12)8-2-4-9(11)5-3-8/h2-5H,6-7,12-13H2,1H3. The van der Waals surface area contributed by atoms with Gasteiger partial charge < -0.3 is 11.5 Å². The minimum atomic E-state index is -0.348. The highest BCUT2D eigenvalue weighted by Gasteiger charge is 2.19. The van der Waals surface area contributed by atoms with E-state index in [1.165, 1.54) is 0 Å². The van der Waals surface area contributed by atoms with Crippen LogP contribution in [0.4, 0.5) is 0 Å². The maximum absolute atomic E-state index is 6.08. The first-order chi connectivity index (χ1) is 6.06. The Balaban J connectivity index is 2.87. The van der Waals surface area contributed by atoms with E-state index in [1.54, 1.807) is 0 Å². The third-order valence-corrected chi connectivity index (χ3v) is 2.42. The molecule has 1 rings (SSSR count). The highest BCUT2D eigenvalue weighted by molar-refractivity contribution is 6.30. The maximum atomic E-state index is 6.08. The van der Waals surface area contributed by atoms with Crippen LogP contribution < -0.4 is 11.5 Å². The monoisotopic (exact) mass is 198 g/mol. The molecule has 1 aromatic rings. The molecule has 0 saturated carbocycles. The van der Waals surface area contributed by atoms with Crippen molar-refractivity contribution in [1.82, 2.24) is 0 Å². The quantitative estimate of drug-likeness (QED) is 0.779. The molecule has 13 heavy (non-hydrogen) atoms. The van der Waals surface area contributed by atoms with Crippen LogP contribution in [0.5, 0.6) is 0 Å². The van der Waals surface area contributed by atoms with Crippen molar-refractivity contribution in [2.24, 2.45) is 11.5 Å². The molecule has 0 fully saturated rings. The van der Waals surface area contributed by atoms with Crippen LogP contribution >= 0.6 is 11.6 Å². The second-order valence-electron chi connectivity index (χ2n) is 3.46. The van der Waals surface area contributed by atoms with E-state index in [0.29, 0.717) is 6.54 Å². The summed E-state index contributed by atoms with van der Waals surface area (Å²) in [5.41, 5.74) is 12.3. The van der Waals surface area contributed by atoms with Gasteiger partial charge in [-0.05, 0) is 37.6 Å². The van der Waals surface area contributed by atoms with E-state index in [1.807, 2.05) is 31.2 Å². The molecule has 0 aromatic heterocycles. The van der Waals surface area contributed by atoms with Crippen molar-refractivity contribution in [2.45, 2.75) is 18.9 Å². The Bertz CT molecular complexity index is 267. The van der Waals surface area contributed by atoms with Crippen molar-refractivity contribution in [3.63, 3.8) is 0 Å². The van der Waals surface area contributed by atoms with Crippen LogP contribution in [0.2, 0.25) is 5.02 Å². The Hall–Kier alpha value is -0.570. The fourth-order valence-corrected chi connectivity index (χ4v) is 1.40. The SMILES string of the molecule is CC(N)(CCN)c1ccc(Cl)cc1. The Morgan fingerprint density at radius 2 is 1.85 bits per heavy atom. The third kappa shape index (κ3) is 2.69. The number of benzene rings is 1. The summed E-state index contributed by atoms with van der Waals surface area (Å²) in [6, 6.07) is 7.58. The molecule has 0 aliphatic rings. The second-order valence-corrected chi connectivity index (χ2v) is 3.90. The van der Waals surface area contributed by atoms with Gasteiger partial charge in [-0.1, -0.05) is 23.7 Å². The number of hydrogen-bond donors (Lipinski definition) is 2. The minimum Gasteiger partial charge on any atom is -0.330 e. The highest BCUT2D eigenvalue weighted by Crippen LogP contribution is 2.22. The molecule has 0 spiro atoms. The summed E-state index contributed by atoms with van der Waals surface area (Å²) in [6.07, 6.45) is 0.772. The fraction of sp³-hybridized carbons (Fsp3) is 0.400. The first-order valence-corrected chi connectivity index (χ1v) is 4.69. The Kier molecular flexibility index (Phi) is 3.31. The normalized spacial score (nSPS) is 15.4. The lowest BCUT2D eigenvalue weighted by Gasteiger charge is -2.24. The van der Waals surface area contributed by atoms with Gasteiger partial charge in [-0.25, -0.2) is 0 Å². The van der Waals surface area contributed by atoms with E-state index < -0.39 is 0 Å². The van der Waals surface area contributed by atoms with Gasteiger partial charge in [0.1, 0.15) is 0 Å². The summed E-state index contributed by atoms with van der Waals surface area (Å²) in [5.74, 6) is 0. The molecule has 1 atom stereocenters. The zero-order valence-corrected chi connectivity index (χ0v) is 8.51. The zero-order chi connectivity index (χ0) is 9.90. The van der Waals surface area contributed by atoms with Gasteiger partial charge in [-0.15, -0.1) is 0 Å². The van der Waals surface area contributed by atoms with Crippen molar-refractivity contribution in [3.05, 3.63) is 34.9 Å². The summed E-state index contributed by atoms with van der Waals surface area (Å²) >= 11 is 5.77. The highest BCUT2D eigenvalue weighted by atomic mass is 35.5. The molecule has 1 unspecified atom stereocenters. The van der Waals surface area contributed by atoms with E-state index in [9.17, 15) is 0 Å². The molecule has 1 aromatic carbocycles. The summed E-state index contributed by atoms with van der Waals surface area (Å²) < 4.78 is 0. The predicted octanol–water partition coefficient (Wildman–Crippen LogP) is 1.86.